The maximum Gasteiger partial charge on any atom is 0.161 e. The summed E-state index contributed by atoms with van der Waals surface area (Å²) in [5, 5.41) is 18.0. The van der Waals surface area contributed by atoms with E-state index in [9.17, 15) is 0 Å². The Kier molecular flexibility index (Phi) is 5.15. The number of hydrogen-bond donors (Lipinski definition) is 1. The highest BCUT2D eigenvalue weighted by atomic mass is 32.1. The lowest BCUT2D eigenvalue weighted by Gasteiger charge is -1.98. The van der Waals surface area contributed by atoms with E-state index in [1.165, 1.54) is 11.5 Å². The summed E-state index contributed by atoms with van der Waals surface area (Å²) >= 11 is 3.05. The molecule has 2 rings (SSSR count). The van der Waals surface area contributed by atoms with Crippen LogP contribution in [-0.2, 0) is 12.8 Å². The van der Waals surface area contributed by atoms with Crippen LogP contribution < -0.4 is 5.32 Å². The molecule has 98 valence electrons. The summed E-state index contributed by atoms with van der Waals surface area (Å²) in [5.41, 5.74) is 1.02. The van der Waals surface area contributed by atoms with Crippen LogP contribution in [-0.4, -0.2) is 32.9 Å². The molecule has 0 amide bonds. The lowest BCUT2D eigenvalue weighted by molar-refractivity contribution is 0.668. The number of nitrogens with zero attached hydrogens (tertiary/aromatic N) is 4. The van der Waals surface area contributed by atoms with Gasteiger partial charge >= 0.3 is 0 Å². The van der Waals surface area contributed by atoms with E-state index in [4.69, 9.17) is 0 Å². The summed E-state index contributed by atoms with van der Waals surface area (Å²) in [6.45, 7) is 6.27. The van der Waals surface area contributed by atoms with Crippen LogP contribution in [0.5, 0.6) is 0 Å². The van der Waals surface area contributed by atoms with Crippen LogP contribution in [0.3, 0.4) is 0 Å². The van der Waals surface area contributed by atoms with Crippen molar-refractivity contribution < 1.29 is 0 Å². The van der Waals surface area contributed by atoms with Crippen LogP contribution in [0, 0.1) is 0 Å². The molecule has 0 saturated carbocycles. The number of rotatable bonds is 7. The van der Waals surface area contributed by atoms with Gasteiger partial charge in [-0.25, -0.2) is 0 Å². The molecule has 1 N–H and O–H groups in total. The molecular formula is C11H17N5S2. The van der Waals surface area contributed by atoms with E-state index in [1.54, 1.807) is 11.3 Å². The predicted molar refractivity (Wildman–Crippen MR) is 75.1 cm³/mol. The van der Waals surface area contributed by atoms with Crippen molar-refractivity contribution in [1.82, 2.24) is 25.1 Å². The molecule has 0 aromatic carbocycles. The van der Waals surface area contributed by atoms with Crippen molar-refractivity contribution in [3.05, 3.63) is 10.7 Å². The van der Waals surface area contributed by atoms with Gasteiger partial charge in [-0.2, -0.15) is 0 Å². The minimum Gasteiger partial charge on any atom is -0.316 e. The molecular weight excluding hydrogens is 266 g/mol. The summed E-state index contributed by atoms with van der Waals surface area (Å²) in [6, 6.07) is 0. The zero-order chi connectivity index (χ0) is 12.8. The van der Waals surface area contributed by atoms with Crippen molar-refractivity contribution >= 4 is 22.9 Å². The number of nitrogens with one attached hydrogen (secondary N) is 1. The fourth-order valence-electron chi connectivity index (χ4n) is 1.55. The van der Waals surface area contributed by atoms with Crippen LogP contribution in [0.15, 0.2) is 0 Å². The first-order valence-corrected chi connectivity index (χ1v) is 7.78. The third kappa shape index (κ3) is 3.30. The second kappa shape index (κ2) is 6.86. The van der Waals surface area contributed by atoms with Gasteiger partial charge in [0.2, 0.25) is 0 Å². The van der Waals surface area contributed by atoms with Gasteiger partial charge in [-0.05, 0) is 30.9 Å². The third-order valence-corrected chi connectivity index (χ3v) is 4.40. The molecule has 0 spiro atoms. The van der Waals surface area contributed by atoms with Crippen LogP contribution >= 0.6 is 22.9 Å². The van der Waals surface area contributed by atoms with E-state index in [0.717, 1.165) is 52.9 Å². The zero-order valence-electron chi connectivity index (χ0n) is 10.6. The van der Waals surface area contributed by atoms with Crippen LogP contribution in [0.25, 0.3) is 9.88 Å². The van der Waals surface area contributed by atoms with Gasteiger partial charge in [-0.3, -0.25) is 0 Å². The van der Waals surface area contributed by atoms with Gasteiger partial charge in [0, 0.05) is 13.0 Å². The van der Waals surface area contributed by atoms with E-state index in [0.29, 0.717) is 0 Å². The monoisotopic (exact) mass is 283 g/mol. The van der Waals surface area contributed by atoms with Gasteiger partial charge in [-0.15, -0.1) is 15.3 Å². The Balaban J connectivity index is 1.97. The molecule has 0 unspecified atom stereocenters. The van der Waals surface area contributed by atoms with Crippen LogP contribution in [0.1, 0.15) is 31.0 Å². The Morgan fingerprint density at radius 2 is 2.00 bits per heavy atom. The molecule has 2 aromatic rings. The maximum atomic E-state index is 4.24. The van der Waals surface area contributed by atoms with Crippen LogP contribution in [0.2, 0.25) is 0 Å². The maximum absolute atomic E-state index is 4.24. The van der Waals surface area contributed by atoms with E-state index >= 15 is 0 Å². The second-order valence-electron chi connectivity index (χ2n) is 3.90. The molecule has 2 heterocycles. The first-order chi connectivity index (χ1) is 8.85. The standard InChI is InChI=1S/C11H17N5S2/c1-3-6-12-7-5-9-14-15-11(17-9)10-8(4-2)13-16-18-10/h12H,3-7H2,1-2H3. The Morgan fingerprint density at radius 3 is 2.78 bits per heavy atom. The molecule has 0 aliphatic rings. The van der Waals surface area contributed by atoms with Gasteiger partial charge in [0.1, 0.15) is 9.88 Å². The Morgan fingerprint density at radius 1 is 1.11 bits per heavy atom. The largest absolute Gasteiger partial charge is 0.316 e. The minimum absolute atomic E-state index is 0.888. The fraction of sp³-hybridized carbons (Fsp3) is 0.636. The molecule has 7 heteroatoms. The van der Waals surface area contributed by atoms with Crippen molar-refractivity contribution in [1.29, 1.82) is 0 Å². The van der Waals surface area contributed by atoms with Gasteiger partial charge in [-0.1, -0.05) is 29.7 Å². The average Bonchev–Trinajstić information content (AvgIpc) is 3.02. The predicted octanol–water partition coefficient (Wildman–Crippen LogP) is 2.16. The molecule has 0 aliphatic carbocycles. The summed E-state index contributed by atoms with van der Waals surface area (Å²) < 4.78 is 3.98. The van der Waals surface area contributed by atoms with Crippen molar-refractivity contribution in [2.75, 3.05) is 13.1 Å². The summed E-state index contributed by atoms with van der Waals surface area (Å²) in [5.74, 6) is 0. The van der Waals surface area contributed by atoms with E-state index < -0.39 is 0 Å². The lowest BCUT2D eigenvalue weighted by Crippen LogP contribution is -2.17. The minimum atomic E-state index is 0.888. The topological polar surface area (TPSA) is 63.6 Å². The third-order valence-electron chi connectivity index (χ3n) is 2.49. The Labute approximate surface area is 115 Å². The molecule has 0 saturated heterocycles. The normalized spacial score (nSPS) is 11.0. The molecule has 0 fully saturated rings. The number of aromatic nitrogens is 4. The van der Waals surface area contributed by atoms with Crippen molar-refractivity contribution in [2.45, 2.75) is 33.1 Å². The van der Waals surface area contributed by atoms with E-state index in [1.807, 2.05) is 0 Å². The van der Waals surface area contributed by atoms with E-state index in [2.05, 4.69) is 38.9 Å². The summed E-state index contributed by atoms with van der Waals surface area (Å²) in [4.78, 5) is 1.07. The first kappa shape index (κ1) is 13.5. The first-order valence-electron chi connectivity index (χ1n) is 6.19. The molecule has 0 bridgehead atoms. The van der Waals surface area contributed by atoms with E-state index in [-0.39, 0.29) is 0 Å². The Bertz CT molecular complexity index is 479. The van der Waals surface area contributed by atoms with Gasteiger partial charge in [0.15, 0.2) is 5.01 Å². The molecule has 5 nitrogen and oxygen atoms in total. The Hall–Kier alpha value is -0.920. The van der Waals surface area contributed by atoms with Crippen molar-refractivity contribution in [3.63, 3.8) is 0 Å². The number of hydrogen-bond acceptors (Lipinski definition) is 7. The van der Waals surface area contributed by atoms with Crippen LogP contribution in [0.4, 0.5) is 0 Å². The SMILES string of the molecule is CCCNCCc1nnc(-c2snnc2CC)s1. The number of aryl methyl sites for hydroxylation is 1. The molecule has 0 aliphatic heterocycles. The molecule has 2 aromatic heterocycles. The fourth-order valence-corrected chi connectivity index (χ4v) is 3.21. The highest BCUT2D eigenvalue weighted by Gasteiger charge is 2.13. The highest BCUT2D eigenvalue weighted by Crippen LogP contribution is 2.29. The summed E-state index contributed by atoms with van der Waals surface area (Å²) in [7, 11) is 0. The van der Waals surface area contributed by atoms with Crippen molar-refractivity contribution in [2.24, 2.45) is 0 Å². The average molecular weight is 283 g/mol. The lowest BCUT2D eigenvalue weighted by atomic mass is 10.3. The van der Waals surface area contributed by atoms with Crippen molar-refractivity contribution in [3.8, 4) is 9.88 Å². The zero-order valence-corrected chi connectivity index (χ0v) is 12.3. The van der Waals surface area contributed by atoms with Gasteiger partial charge in [0.25, 0.3) is 0 Å². The highest BCUT2D eigenvalue weighted by molar-refractivity contribution is 7.19. The quantitative estimate of drug-likeness (QED) is 0.789. The molecule has 18 heavy (non-hydrogen) atoms. The van der Waals surface area contributed by atoms with Gasteiger partial charge in [0.05, 0.1) is 5.69 Å². The van der Waals surface area contributed by atoms with Gasteiger partial charge < -0.3 is 5.32 Å². The smallest absolute Gasteiger partial charge is 0.161 e. The second-order valence-corrected chi connectivity index (χ2v) is 5.72. The molecule has 0 atom stereocenters. The molecule has 0 radical (unpaired) electrons. The summed E-state index contributed by atoms with van der Waals surface area (Å²) in [6.07, 6.45) is 2.98.